The summed E-state index contributed by atoms with van der Waals surface area (Å²) in [6.07, 6.45) is -4.17. The van der Waals surface area contributed by atoms with Crippen LogP contribution < -0.4 is 5.32 Å². The third-order valence-electron chi connectivity index (χ3n) is 0.642. The molecule has 0 saturated carbocycles. The van der Waals surface area contributed by atoms with Gasteiger partial charge in [-0.3, -0.25) is 0 Å². The van der Waals surface area contributed by atoms with Gasteiger partial charge in [-0.15, -0.1) is 0 Å². The molecular weight excluding hydrogens is 167 g/mol. The zero-order chi connectivity index (χ0) is 8.20. The van der Waals surface area contributed by atoms with Crippen LogP contribution in [0.5, 0.6) is 0 Å². The SMILES string of the molecule is C=C(Cl)CNCC(F)(F)F. The van der Waals surface area contributed by atoms with Gasteiger partial charge in [0.15, 0.2) is 0 Å². The van der Waals surface area contributed by atoms with Gasteiger partial charge in [0.05, 0.1) is 6.54 Å². The summed E-state index contributed by atoms with van der Waals surface area (Å²) in [5, 5.41) is 2.24. The molecule has 0 atom stereocenters. The van der Waals surface area contributed by atoms with E-state index in [0.29, 0.717) is 0 Å². The van der Waals surface area contributed by atoms with Gasteiger partial charge in [0.2, 0.25) is 0 Å². The van der Waals surface area contributed by atoms with Crippen LogP contribution in [0.1, 0.15) is 0 Å². The van der Waals surface area contributed by atoms with Crippen molar-refractivity contribution in [2.45, 2.75) is 6.18 Å². The molecule has 0 aromatic carbocycles. The quantitative estimate of drug-likeness (QED) is 0.687. The normalized spacial score (nSPS) is 11.6. The topological polar surface area (TPSA) is 12.0 Å². The average molecular weight is 174 g/mol. The van der Waals surface area contributed by atoms with Crippen molar-refractivity contribution in [2.75, 3.05) is 13.1 Å². The molecule has 60 valence electrons. The highest BCUT2D eigenvalue weighted by molar-refractivity contribution is 6.29. The number of rotatable bonds is 3. The Morgan fingerprint density at radius 1 is 1.50 bits per heavy atom. The Bertz CT molecular complexity index is 121. The van der Waals surface area contributed by atoms with E-state index >= 15 is 0 Å². The second-order valence-electron chi connectivity index (χ2n) is 1.74. The summed E-state index contributed by atoms with van der Waals surface area (Å²) in [4.78, 5) is 0. The minimum Gasteiger partial charge on any atom is -0.304 e. The van der Waals surface area contributed by atoms with Crippen molar-refractivity contribution >= 4 is 11.6 Å². The number of alkyl halides is 3. The van der Waals surface area contributed by atoms with E-state index in [1.54, 1.807) is 0 Å². The van der Waals surface area contributed by atoms with Crippen molar-refractivity contribution in [3.63, 3.8) is 0 Å². The smallest absolute Gasteiger partial charge is 0.304 e. The molecule has 5 heteroatoms. The van der Waals surface area contributed by atoms with E-state index in [9.17, 15) is 13.2 Å². The van der Waals surface area contributed by atoms with E-state index in [1.165, 1.54) is 0 Å². The van der Waals surface area contributed by atoms with Crippen LogP contribution in [-0.4, -0.2) is 19.3 Å². The van der Waals surface area contributed by atoms with Crippen LogP contribution in [0.2, 0.25) is 0 Å². The van der Waals surface area contributed by atoms with Gasteiger partial charge in [0.25, 0.3) is 0 Å². The largest absolute Gasteiger partial charge is 0.401 e. The maximum absolute atomic E-state index is 11.4. The van der Waals surface area contributed by atoms with Gasteiger partial charge in [-0.1, -0.05) is 18.2 Å². The fourth-order valence-corrected chi connectivity index (χ4v) is 0.434. The fourth-order valence-electron chi connectivity index (χ4n) is 0.340. The second kappa shape index (κ2) is 3.83. The van der Waals surface area contributed by atoms with E-state index in [1.807, 2.05) is 0 Å². The van der Waals surface area contributed by atoms with Crippen molar-refractivity contribution in [1.82, 2.24) is 5.32 Å². The summed E-state index contributed by atoms with van der Waals surface area (Å²) in [5.74, 6) is 0. The van der Waals surface area contributed by atoms with Crippen LogP contribution in [0.4, 0.5) is 13.2 Å². The molecular formula is C5H7ClF3N. The molecule has 0 aromatic rings. The predicted molar refractivity (Wildman–Crippen MR) is 33.9 cm³/mol. The van der Waals surface area contributed by atoms with Crippen LogP contribution in [0, 0.1) is 0 Å². The molecule has 0 aliphatic heterocycles. The summed E-state index contributed by atoms with van der Waals surface area (Å²) in [5.41, 5.74) is 0. The number of hydrogen-bond donors (Lipinski definition) is 1. The summed E-state index contributed by atoms with van der Waals surface area (Å²) >= 11 is 5.18. The zero-order valence-electron chi connectivity index (χ0n) is 5.13. The molecule has 0 amide bonds. The monoisotopic (exact) mass is 173 g/mol. The van der Waals surface area contributed by atoms with Crippen LogP contribution in [0.15, 0.2) is 11.6 Å². The molecule has 0 fully saturated rings. The Morgan fingerprint density at radius 3 is 2.30 bits per heavy atom. The molecule has 10 heavy (non-hydrogen) atoms. The third kappa shape index (κ3) is 7.78. The Balaban J connectivity index is 3.29. The molecule has 0 radical (unpaired) electrons. The van der Waals surface area contributed by atoms with Crippen LogP contribution in [0.3, 0.4) is 0 Å². The first-order valence-electron chi connectivity index (χ1n) is 2.52. The molecule has 1 nitrogen and oxygen atoms in total. The first-order valence-corrected chi connectivity index (χ1v) is 2.90. The van der Waals surface area contributed by atoms with E-state index < -0.39 is 12.7 Å². The molecule has 0 aliphatic rings. The van der Waals surface area contributed by atoms with Gasteiger partial charge in [-0.25, -0.2) is 0 Å². The lowest BCUT2D eigenvalue weighted by atomic mass is 10.5. The lowest BCUT2D eigenvalue weighted by Crippen LogP contribution is -2.29. The highest BCUT2D eigenvalue weighted by Crippen LogP contribution is 2.12. The number of hydrogen-bond acceptors (Lipinski definition) is 1. The van der Waals surface area contributed by atoms with Gasteiger partial charge >= 0.3 is 6.18 Å². The predicted octanol–water partition coefficient (Wildman–Crippen LogP) is 1.89. The standard InChI is InChI=1S/C5H7ClF3N/c1-4(6)2-10-3-5(7,8)9/h10H,1-3H2. The lowest BCUT2D eigenvalue weighted by Gasteiger charge is -2.06. The molecule has 1 N–H and O–H groups in total. The van der Waals surface area contributed by atoms with Gasteiger partial charge in [-0.2, -0.15) is 13.2 Å². The number of halogens is 4. The maximum Gasteiger partial charge on any atom is 0.401 e. The lowest BCUT2D eigenvalue weighted by molar-refractivity contribution is -0.124. The van der Waals surface area contributed by atoms with Gasteiger partial charge in [-0.05, 0) is 0 Å². The van der Waals surface area contributed by atoms with E-state index in [2.05, 4.69) is 11.9 Å². The Morgan fingerprint density at radius 2 is 2.00 bits per heavy atom. The molecule has 0 saturated heterocycles. The third-order valence-corrected chi connectivity index (χ3v) is 0.776. The van der Waals surface area contributed by atoms with Crippen molar-refractivity contribution in [3.8, 4) is 0 Å². The highest BCUT2D eigenvalue weighted by atomic mass is 35.5. The molecule has 0 aromatic heterocycles. The fraction of sp³-hybridized carbons (Fsp3) is 0.600. The Kier molecular flexibility index (Phi) is 3.75. The average Bonchev–Trinajstić information content (AvgIpc) is 1.59. The molecule has 0 aliphatic carbocycles. The van der Waals surface area contributed by atoms with Gasteiger partial charge < -0.3 is 5.32 Å². The minimum atomic E-state index is -4.17. The van der Waals surface area contributed by atoms with Crippen molar-refractivity contribution < 1.29 is 13.2 Å². The zero-order valence-corrected chi connectivity index (χ0v) is 5.89. The minimum absolute atomic E-state index is 0.0128. The summed E-state index contributed by atoms with van der Waals surface area (Å²) in [6.45, 7) is 2.17. The first kappa shape index (κ1) is 9.78. The van der Waals surface area contributed by atoms with Gasteiger partial charge in [0, 0.05) is 11.6 Å². The molecule has 0 rings (SSSR count). The number of nitrogens with one attached hydrogen (secondary N) is 1. The highest BCUT2D eigenvalue weighted by Gasteiger charge is 2.25. The second-order valence-corrected chi connectivity index (χ2v) is 2.27. The van der Waals surface area contributed by atoms with E-state index in [4.69, 9.17) is 11.6 Å². The maximum atomic E-state index is 11.4. The molecule has 0 unspecified atom stereocenters. The van der Waals surface area contributed by atoms with Crippen molar-refractivity contribution in [3.05, 3.63) is 11.6 Å². The van der Waals surface area contributed by atoms with Gasteiger partial charge in [0.1, 0.15) is 0 Å². The molecule has 0 heterocycles. The summed E-state index contributed by atoms with van der Waals surface area (Å²) in [6, 6.07) is 0. The Hall–Kier alpha value is -0.220. The van der Waals surface area contributed by atoms with Crippen LogP contribution >= 0.6 is 11.6 Å². The van der Waals surface area contributed by atoms with Crippen molar-refractivity contribution in [1.29, 1.82) is 0 Å². The first-order chi connectivity index (χ1) is 4.42. The van der Waals surface area contributed by atoms with E-state index in [0.717, 1.165) is 0 Å². The van der Waals surface area contributed by atoms with Crippen LogP contribution in [0.25, 0.3) is 0 Å². The Labute approximate surface area is 61.9 Å². The summed E-state index contributed by atoms with van der Waals surface area (Å²) in [7, 11) is 0. The molecule has 0 bridgehead atoms. The van der Waals surface area contributed by atoms with E-state index in [-0.39, 0.29) is 11.6 Å². The molecule has 0 spiro atoms. The van der Waals surface area contributed by atoms with Crippen LogP contribution in [-0.2, 0) is 0 Å². The summed E-state index contributed by atoms with van der Waals surface area (Å²) < 4.78 is 34.1. The van der Waals surface area contributed by atoms with Crippen molar-refractivity contribution in [2.24, 2.45) is 0 Å².